The highest BCUT2D eigenvalue weighted by molar-refractivity contribution is 14.1. The summed E-state index contributed by atoms with van der Waals surface area (Å²) in [6, 6.07) is 7.86. The normalized spacial score (nSPS) is 10.4. The molecule has 84 valence electrons. The lowest BCUT2D eigenvalue weighted by atomic mass is 10.3. The number of anilines is 1. The SMILES string of the molecule is Oc1ccc(NCc2ccc(I)o2)cc1F. The molecule has 1 aromatic carbocycles. The molecule has 0 saturated heterocycles. The summed E-state index contributed by atoms with van der Waals surface area (Å²) in [6.45, 7) is 0.479. The first-order chi connectivity index (χ1) is 7.65. The maximum Gasteiger partial charge on any atom is 0.166 e. The number of rotatable bonds is 3. The van der Waals surface area contributed by atoms with Crippen LogP contribution in [0.2, 0.25) is 0 Å². The molecule has 0 saturated carbocycles. The summed E-state index contributed by atoms with van der Waals surface area (Å²) in [5.41, 5.74) is 0.599. The minimum atomic E-state index is -0.640. The highest BCUT2D eigenvalue weighted by Gasteiger charge is 2.02. The van der Waals surface area contributed by atoms with Gasteiger partial charge in [-0.3, -0.25) is 0 Å². The number of nitrogens with one attached hydrogen (secondary N) is 1. The predicted molar refractivity (Wildman–Crippen MR) is 66.8 cm³/mol. The monoisotopic (exact) mass is 333 g/mol. The topological polar surface area (TPSA) is 45.4 Å². The second-order valence-electron chi connectivity index (χ2n) is 3.23. The van der Waals surface area contributed by atoms with Crippen molar-refractivity contribution in [2.24, 2.45) is 0 Å². The number of halogens is 2. The Balaban J connectivity index is 2.02. The molecular weight excluding hydrogens is 324 g/mol. The van der Waals surface area contributed by atoms with E-state index in [2.05, 4.69) is 27.9 Å². The van der Waals surface area contributed by atoms with Gasteiger partial charge in [0.05, 0.1) is 6.54 Å². The average molecular weight is 333 g/mol. The van der Waals surface area contributed by atoms with Crippen molar-refractivity contribution in [3.63, 3.8) is 0 Å². The molecule has 3 nitrogen and oxygen atoms in total. The molecule has 2 aromatic rings. The summed E-state index contributed by atoms with van der Waals surface area (Å²) in [7, 11) is 0. The molecule has 5 heteroatoms. The zero-order valence-electron chi connectivity index (χ0n) is 8.21. The van der Waals surface area contributed by atoms with E-state index in [0.717, 1.165) is 9.53 Å². The van der Waals surface area contributed by atoms with Crippen LogP contribution in [0.25, 0.3) is 0 Å². The van der Waals surface area contributed by atoms with Gasteiger partial charge in [-0.05, 0) is 46.9 Å². The van der Waals surface area contributed by atoms with Crippen LogP contribution < -0.4 is 5.32 Å². The van der Waals surface area contributed by atoms with Gasteiger partial charge in [-0.15, -0.1) is 0 Å². The number of furan rings is 1. The van der Waals surface area contributed by atoms with Crippen molar-refractivity contribution in [1.82, 2.24) is 0 Å². The summed E-state index contributed by atoms with van der Waals surface area (Å²) in [4.78, 5) is 0. The van der Waals surface area contributed by atoms with Crippen LogP contribution in [0.4, 0.5) is 10.1 Å². The van der Waals surface area contributed by atoms with Crippen molar-refractivity contribution in [3.8, 4) is 5.75 Å². The fourth-order valence-corrected chi connectivity index (χ4v) is 1.72. The van der Waals surface area contributed by atoms with Gasteiger partial charge in [0.25, 0.3) is 0 Å². The molecule has 0 spiro atoms. The molecule has 0 atom stereocenters. The molecular formula is C11H9FINO2. The van der Waals surface area contributed by atoms with Crippen LogP contribution in [0, 0.1) is 9.58 Å². The van der Waals surface area contributed by atoms with Crippen LogP contribution in [0.3, 0.4) is 0 Å². The van der Waals surface area contributed by atoms with E-state index in [1.807, 2.05) is 12.1 Å². The van der Waals surface area contributed by atoms with Crippen molar-refractivity contribution in [1.29, 1.82) is 0 Å². The van der Waals surface area contributed by atoms with Crippen molar-refractivity contribution in [2.75, 3.05) is 5.32 Å². The van der Waals surface area contributed by atoms with Crippen LogP contribution in [0.1, 0.15) is 5.76 Å². The Hall–Kier alpha value is -1.24. The van der Waals surface area contributed by atoms with E-state index in [0.29, 0.717) is 12.2 Å². The smallest absolute Gasteiger partial charge is 0.166 e. The van der Waals surface area contributed by atoms with E-state index >= 15 is 0 Å². The van der Waals surface area contributed by atoms with E-state index in [1.165, 1.54) is 12.1 Å². The molecule has 1 aromatic heterocycles. The first-order valence-corrected chi connectivity index (χ1v) is 5.69. The van der Waals surface area contributed by atoms with Crippen molar-refractivity contribution in [3.05, 3.63) is 45.7 Å². The number of phenolic OH excluding ortho intramolecular Hbond substituents is 1. The lowest BCUT2D eigenvalue weighted by Crippen LogP contribution is -1.98. The highest BCUT2D eigenvalue weighted by Crippen LogP contribution is 2.20. The molecule has 2 rings (SSSR count). The summed E-state index contributed by atoms with van der Waals surface area (Å²) >= 11 is 2.08. The Bertz CT molecular complexity index is 498. The van der Waals surface area contributed by atoms with Gasteiger partial charge in [-0.25, -0.2) is 4.39 Å². The number of benzene rings is 1. The quantitative estimate of drug-likeness (QED) is 0.669. The molecule has 2 N–H and O–H groups in total. The van der Waals surface area contributed by atoms with Crippen molar-refractivity contribution >= 4 is 28.3 Å². The third-order valence-corrected chi connectivity index (χ3v) is 2.62. The zero-order valence-corrected chi connectivity index (χ0v) is 10.4. The molecule has 0 bridgehead atoms. The number of hydrogen-bond acceptors (Lipinski definition) is 3. The van der Waals surface area contributed by atoms with Gasteiger partial charge in [0.2, 0.25) is 0 Å². The zero-order chi connectivity index (χ0) is 11.5. The highest BCUT2D eigenvalue weighted by atomic mass is 127. The first kappa shape index (κ1) is 11.3. The molecule has 16 heavy (non-hydrogen) atoms. The fourth-order valence-electron chi connectivity index (χ4n) is 1.25. The third-order valence-electron chi connectivity index (χ3n) is 2.04. The molecule has 0 unspecified atom stereocenters. The molecule has 0 aliphatic heterocycles. The van der Waals surface area contributed by atoms with E-state index in [4.69, 9.17) is 9.52 Å². The largest absolute Gasteiger partial charge is 0.505 e. The maximum absolute atomic E-state index is 13.0. The number of phenols is 1. The fraction of sp³-hybridized carbons (Fsp3) is 0.0909. The Morgan fingerprint density at radius 1 is 1.31 bits per heavy atom. The van der Waals surface area contributed by atoms with Gasteiger partial charge in [0.15, 0.2) is 15.3 Å². The van der Waals surface area contributed by atoms with Crippen LogP contribution in [0.5, 0.6) is 5.75 Å². The van der Waals surface area contributed by atoms with Gasteiger partial charge >= 0.3 is 0 Å². The van der Waals surface area contributed by atoms with Crippen LogP contribution >= 0.6 is 22.6 Å². The Morgan fingerprint density at radius 3 is 2.75 bits per heavy atom. The van der Waals surface area contributed by atoms with Gasteiger partial charge in [-0.2, -0.15) is 0 Å². The summed E-state index contributed by atoms with van der Waals surface area (Å²) in [5.74, 6) is -0.213. The Labute approximate surface area is 105 Å². The van der Waals surface area contributed by atoms with E-state index in [1.54, 1.807) is 6.07 Å². The average Bonchev–Trinajstić information content (AvgIpc) is 2.66. The van der Waals surface area contributed by atoms with Gasteiger partial charge in [-0.1, -0.05) is 0 Å². The first-order valence-electron chi connectivity index (χ1n) is 4.62. The number of hydrogen-bond donors (Lipinski definition) is 2. The minimum absolute atomic E-state index is 0.349. The van der Waals surface area contributed by atoms with Gasteiger partial charge in [0, 0.05) is 11.8 Å². The Morgan fingerprint density at radius 2 is 2.12 bits per heavy atom. The molecule has 0 aliphatic carbocycles. The number of aromatic hydroxyl groups is 1. The minimum Gasteiger partial charge on any atom is -0.505 e. The molecule has 0 amide bonds. The van der Waals surface area contributed by atoms with Crippen molar-refractivity contribution in [2.45, 2.75) is 6.54 Å². The van der Waals surface area contributed by atoms with Crippen LogP contribution in [-0.2, 0) is 6.54 Å². The molecule has 0 radical (unpaired) electrons. The second-order valence-corrected chi connectivity index (χ2v) is 4.29. The third kappa shape index (κ3) is 2.66. The summed E-state index contributed by atoms with van der Waals surface area (Å²) < 4.78 is 19.1. The molecule has 1 heterocycles. The van der Waals surface area contributed by atoms with E-state index in [9.17, 15) is 4.39 Å². The van der Waals surface area contributed by atoms with Gasteiger partial charge in [0.1, 0.15) is 5.76 Å². The Kier molecular flexibility index (Phi) is 3.33. The second kappa shape index (κ2) is 4.73. The molecule has 0 aliphatic rings. The van der Waals surface area contributed by atoms with E-state index < -0.39 is 5.82 Å². The van der Waals surface area contributed by atoms with Gasteiger partial charge < -0.3 is 14.8 Å². The van der Waals surface area contributed by atoms with Crippen molar-refractivity contribution < 1.29 is 13.9 Å². The van der Waals surface area contributed by atoms with Crippen LogP contribution in [-0.4, -0.2) is 5.11 Å². The predicted octanol–water partition coefficient (Wildman–Crippen LogP) is 3.34. The summed E-state index contributed by atoms with van der Waals surface area (Å²) in [5, 5.41) is 12.0. The molecule has 0 fully saturated rings. The van der Waals surface area contributed by atoms with E-state index in [-0.39, 0.29) is 5.75 Å². The maximum atomic E-state index is 13.0. The summed E-state index contributed by atoms with van der Waals surface area (Å²) in [6.07, 6.45) is 0. The van der Waals surface area contributed by atoms with Crippen LogP contribution in [0.15, 0.2) is 34.7 Å². The lowest BCUT2D eigenvalue weighted by molar-refractivity contribution is 0.432. The standard InChI is InChI=1S/C11H9FINO2/c12-9-5-7(1-3-10(9)15)14-6-8-2-4-11(13)16-8/h1-5,14-15H,6H2. The lowest BCUT2D eigenvalue weighted by Gasteiger charge is -2.04.